The summed E-state index contributed by atoms with van der Waals surface area (Å²) in [5.74, 6) is 0.870. The van der Waals surface area contributed by atoms with E-state index >= 15 is 0 Å². The summed E-state index contributed by atoms with van der Waals surface area (Å²) >= 11 is 1.75. The van der Waals surface area contributed by atoms with E-state index in [4.69, 9.17) is 0 Å². The molecule has 1 saturated heterocycles. The highest BCUT2D eigenvalue weighted by molar-refractivity contribution is 7.11. The number of rotatable bonds is 5. The fraction of sp³-hybridized carbons (Fsp3) is 0.524. The van der Waals surface area contributed by atoms with Gasteiger partial charge in [-0.15, -0.1) is 11.3 Å². The summed E-state index contributed by atoms with van der Waals surface area (Å²) in [5.41, 5.74) is 2.52. The fourth-order valence-electron chi connectivity index (χ4n) is 3.54. The van der Waals surface area contributed by atoms with Gasteiger partial charge in [-0.2, -0.15) is 0 Å². The van der Waals surface area contributed by atoms with E-state index in [0.717, 1.165) is 49.1 Å². The summed E-state index contributed by atoms with van der Waals surface area (Å²) in [5, 5.41) is 8.10. The molecule has 0 amide bonds. The molecule has 1 atom stereocenters. The molecule has 6 heteroatoms. The maximum absolute atomic E-state index is 4.59. The van der Waals surface area contributed by atoms with Crippen LogP contribution in [0.4, 0.5) is 0 Å². The van der Waals surface area contributed by atoms with Crippen LogP contribution in [0.1, 0.15) is 46.9 Å². The highest BCUT2D eigenvalue weighted by Crippen LogP contribution is 2.24. The Labute approximate surface area is 166 Å². The van der Waals surface area contributed by atoms with E-state index in [1.807, 2.05) is 7.05 Å². The van der Waals surface area contributed by atoms with Crippen LogP contribution < -0.4 is 10.6 Å². The molecular weight excluding hydrogens is 354 g/mol. The van der Waals surface area contributed by atoms with Gasteiger partial charge in [0, 0.05) is 37.1 Å². The number of hydrogen-bond acceptors (Lipinski definition) is 4. The van der Waals surface area contributed by atoms with Gasteiger partial charge in [-0.3, -0.25) is 9.89 Å². The molecule has 0 aliphatic carbocycles. The molecule has 1 aliphatic heterocycles. The van der Waals surface area contributed by atoms with Gasteiger partial charge in [-0.25, -0.2) is 4.98 Å². The van der Waals surface area contributed by atoms with Crippen molar-refractivity contribution in [2.24, 2.45) is 4.99 Å². The number of piperidine rings is 1. The fourth-order valence-corrected chi connectivity index (χ4v) is 4.41. The zero-order valence-corrected chi connectivity index (χ0v) is 17.6. The van der Waals surface area contributed by atoms with Gasteiger partial charge in [0.2, 0.25) is 0 Å². The molecule has 1 aromatic heterocycles. The number of aliphatic imine (C=N–C) groups is 1. The minimum absolute atomic E-state index is 0.468. The van der Waals surface area contributed by atoms with Crippen molar-refractivity contribution in [3.8, 4) is 0 Å². The Kier molecular flexibility index (Phi) is 6.85. The largest absolute Gasteiger partial charge is 0.354 e. The third-order valence-electron chi connectivity index (χ3n) is 5.40. The van der Waals surface area contributed by atoms with Crippen LogP contribution in [0.3, 0.4) is 0 Å². The van der Waals surface area contributed by atoms with E-state index in [1.165, 1.54) is 10.4 Å². The third-order valence-corrected chi connectivity index (χ3v) is 6.48. The van der Waals surface area contributed by atoms with E-state index in [1.54, 1.807) is 11.3 Å². The second-order valence-electron chi connectivity index (χ2n) is 7.22. The quantitative estimate of drug-likeness (QED) is 0.609. The highest BCUT2D eigenvalue weighted by atomic mass is 32.1. The normalized spacial score (nSPS) is 17.7. The molecule has 27 heavy (non-hydrogen) atoms. The molecule has 0 saturated carbocycles. The van der Waals surface area contributed by atoms with Crippen LogP contribution >= 0.6 is 11.3 Å². The van der Waals surface area contributed by atoms with E-state index in [-0.39, 0.29) is 0 Å². The Morgan fingerprint density at radius 2 is 1.96 bits per heavy atom. The van der Waals surface area contributed by atoms with Crippen molar-refractivity contribution >= 4 is 17.3 Å². The van der Waals surface area contributed by atoms with Crippen molar-refractivity contribution in [2.75, 3.05) is 20.1 Å². The average molecular weight is 386 g/mol. The molecule has 1 fully saturated rings. The van der Waals surface area contributed by atoms with Crippen LogP contribution in [0.5, 0.6) is 0 Å². The third kappa shape index (κ3) is 5.30. The number of aryl methyl sites for hydroxylation is 2. The lowest BCUT2D eigenvalue weighted by atomic mass is 10.0. The Morgan fingerprint density at radius 3 is 2.56 bits per heavy atom. The highest BCUT2D eigenvalue weighted by Gasteiger charge is 2.24. The van der Waals surface area contributed by atoms with Gasteiger partial charge in [0.1, 0.15) is 5.01 Å². The molecule has 3 rings (SSSR count). The predicted molar refractivity (Wildman–Crippen MR) is 114 cm³/mol. The van der Waals surface area contributed by atoms with Gasteiger partial charge >= 0.3 is 0 Å². The van der Waals surface area contributed by atoms with Crippen molar-refractivity contribution in [3.05, 3.63) is 51.5 Å². The average Bonchev–Trinajstić information content (AvgIpc) is 3.03. The number of likely N-dealkylation sites (tertiary alicyclic amines) is 1. The molecule has 146 valence electrons. The number of guanidine groups is 1. The molecule has 2 aromatic rings. The van der Waals surface area contributed by atoms with Gasteiger partial charge in [-0.1, -0.05) is 30.3 Å². The first-order chi connectivity index (χ1) is 13.1. The van der Waals surface area contributed by atoms with Crippen LogP contribution in [-0.2, 0) is 6.54 Å². The van der Waals surface area contributed by atoms with Gasteiger partial charge < -0.3 is 10.6 Å². The summed E-state index contributed by atoms with van der Waals surface area (Å²) in [4.78, 5) is 12.8. The van der Waals surface area contributed by atoms with Gasteiger partial charge in [0.15, 0.2) is 5.96 Å². The Bertz CT molecular complexity index is 728. The summed E-state index contributed by atoms with van der Waals surface area (Å²) < 4.78 is 0. The molecule has 5 nitrogen and oxygen atoms in total. The van der Waals surface area contributed by atoms with Crippen LogP contribution in [-0.4, -0.2) is 42.0 Å². The number of hydrogen-bond donors (Lipinski definition) is 2. The van der Waals surface area contributed by atoms with Crippen molar-refractivity contribution in [3.63, 3.8) is 0 Å². The molecule has 1 aromatic carbocycles. The summed E-state index contributed by atoms with van der Waals surface area (Å²) in [6.45, 7) is 9.43. The molecule has 0 spiro atoms. The lowest BCUT2D eigenvalue weighted by molar-refractivity contribution is 0.158. The minimum Gasteiger partial charge on any atom is -0.354 e. The number of nitrogens with zero attached hydrogens (tertiary/aromatic N) is 3. The molecule has 2 heterocycles. The molecular formula is C21H31N5S. The Balaban J connectivity index is 1.46. The topological polar surface area (TPSA) is 52.6 Å². The van der Waals surface area contributed by atoms with E-state index < -0.39 is 0 Å². The van der Waals surface area contributed by atoms with Crippen molar-refractivity contribution in [2.45, 2.75) is 52.2 Å². The number of benzene rings is 1. The van der Waals surface area contributed by atoms with Crippen LogP contribution in [0.15, 0.2) is 35.3 Å². The van der Waals surface area contributed by atoms with Gasteiger partial charge in [-0.05, 0) is 39.2 Å². The zero-order chi connectivity index (χ0) is 19.2. The van der Waals surface area contributed by atoms with E-state index in [2.05, 4.69) is 76.6 Å². The van der Waals surface area contributed by atoms with E-state index in [0.29, 0.717) is 12.1 Å². The predicted octanol–water partition coefficient (Wildman–Crippen LogP) is 3.65. The Hall–Kier alpha value is -1.92. The number of aromatic nitrogens is 1. The standard InChI is InChI=1S/C21H31N5S/c1-15-17(3)27-20(24-15)14-23-21(22-4)25-19-10-12-26(13-11-19)16(2)18-8-6-5-7-9-18/h5-9,16,19H,10-14H2,1-4H3,(H2,22,23,25). The number of thiazole rings is 1. The summed E-state index contributed by atoms with van der Waals surface area (Å²) in [6, 6.07) is 11.7. The summed E-state index contributed by atoms with van der Waals surface area (Å²) in [7, 11) is 1.83. The lowest BCUT2D eigenvalue weighted by Gasteiger charge is -2.37. The monoisotopic (exact) mass is 385 g/mol. The molecule has 2 N–H and O–H groups in total. The minimum atomic E-state index is 0.468. The second kappa shape index (κ2) is 9.33. The second-order valence-corrected chi connectivity index (χ2v) is 8.50. The van der Waals surface area contributed by atoms with Crippen molar-refractivity contribution in [1.29, 1.82) is 0 Å². The van der Waals surface area contributed by atoms with Crippen molar-refractivity contribution < 1.29 is 0 Å². The SMILES string of the molecule is CN=C(NCc1nc(C)c(C)s1)NC1CCN(C(C)c2ccccc2)CC1. The van der Waals surface area contributed by atoms with Crippen LogP contribution in [0.2, 0.25) is 0 Å². The smallest absolute Gasteiger partial charge is 0.191 e. The molecule has 1 aliphatic rings. The first-order valence-corrected chi connectivity index (χ1v) is 10.6. The first kappa shape index (κ1) is 19.8. The Morgan fingerprint density at radius 1 is 1.26 bits per heavy atom. The van der Waals surface area contributed by atoms with Gasteiger partial charge in [0.05, 0.1) is 12.2 Å². The molecule has 0 radical (unpaired) electrons. The lowest BCUT2D eigenvalue weighted by Crippen LogP contribution is -2.48. The molecule has 1 unspecified atom stereocenters. The first-order valence-electron chi connectivity index (χ1n) is 9.76. The van der Waals surface area contributed by atoms with Crippen LogP contribution in [0, 0.1) is 13.8 Å². The molecule has 0 bridgehead atoms. The zero-order valence-electron chi connectivity index (χ0n) is 16.8. The van der Waals surface area contributed by atoms with Crippen LogP contribution in [0.25, 0.3) is 0 Å². The van der Waals surface area contributed by atoms with Crippen molar-refractivity contribution in [1.82, 2.24) is 20.5 Å². The maximum atomic E-state index is 4.59. The number of nitrogens with one attached hydrogen (secondary N) is 2. The van der Waals surface area contributed by atoms with E-state index in [9.17, 15) is 0 Å². The maximum Gasteiger partial charge on any atom is 0.191 e. The summed E-state index contributed by atoms with van der Waals surface area (Å²) in [6.07, 6.45) is 2.26. The van der Waals surface area contributed by atoms with Gasteiger partial charge in [0.25, 0.3) is 0 Å².